The standard InChI is InChI=1S/C13H20FNO2S/c1-10(2)18(16,17)12-8-6-5-7-11(12)13(3,14)9-15-4/h5-8,10,15H,9H2,1-4H3. The summed E-state index contributed by atoms with van der Waals surface area (Å²) >= 11 is 0. The highest BCUT2D eigenvalue weighted by Crippen LogP contribution is 2.32. The Kier molecular flexibility index (Phi) is 4.50. The van der Waals surface area contributed by atoms with E-state index < -0.39 is 20.8 Å². The van der Waals surface area contributed by atoms with E-state index in [4.69, 9.17) is 0 Å². The third-order valence-electron chi connectivity index (χ3n) is 2.88. The van der Waals surface area contributed by atoms with Gasteiger partial charge in [0.05, 0.1) is 10.1 Å². The summed E-state index contributed by atoms with van der Waals surface area (Å²) in [7, 11) is -1.84. The van der Waals surface area contributed by atoms with Crippen LogP contribution in [0.1, 0.15) is 26.3 Å². The minimum atomic E-state index is -3.48. The molecule has 5 heteroatoms. The summed E-state index contributed by atoms with van der Waals surface area (Å²) in [4.78, 5) is 0.0836. The van der Waals surface area contributed by atoms with Crippen LogP contribution in [-0.2, 0) is 15.5 Å². The van der Waals surface area contributed by atoms with Gasteiger partial charge in [-0.05, 0) is 33.9 Å². The number of nitrogens with one attached hydrogen (secondary N) is 1. The molecule has 0 aromatic heterocycles. The average molecular weight is 273 g/mol. The van der Waals surface area contributed by atoms with Gasteiger partial charge in [-0.25, -0.2) is 12.8 Å². The highest BCUT2D eigenvalue weighted by molar-refractivity contribution is 7.92. The van der Waals surface area contributed by atoms with Gasteiger partial charge in [0.2, 0.25) is 0 Å². The molecule has 3 nitrogen and oxygen atoms in total. The zero-order chi connectivity index (χ0) is 14.0. The number of alkyl halides is 1. The van der Waals surface area contributed by atoms with Gasteiger partial charge in [-0.3, -0.25) is 0 Å². The summed E-state index contributed by atoms with van der Waals surface area (Å²) in [5.41, 5.74) is -1.50. The minimum Gasteiger partial charge on any atom is -0.316 e. The van der Waals surface area contributed by atoms with Gasteiger partial charge < -0.3 is 5.32 Å². The molecule has 0 aliphatic heterocycles. The predicted molar refractivity (Wildman–Crippen MR) is 71.2 cm³/mol. The molecule has 0 saturated heterocycles. The fourth-order valence-corrected chi connectivity index (χ4v) is 3.19. The van der Waals surface area contributed by atoms with Crippen molar-refractivity contribution in [3.8, 4) is 0 Å². The molecular weight excluding hydrogens is 253 g/mol. The molecule has 0 aliphatic rings. The largest absolute Gasteiger partial charge is 0.316 e. The lowest BCUT2D eigenvalue weighted by molar-refractivity contribution is 0.186. The topological polar surface area (TPSA) is 46.2 Å². The molecule has 0 fully saturated rings. The van der Waals surface area contributed by atoms with Crippen LogP contribution in [0.15, 0.2) is 29.2 Å². The maximum Gasteiger partial charge on any atom is 0.181 e. The van der Waals surface area contributed by atoms with Crippen LogP contribution in [0.5, 0.6) is 0 Å². The van der Waals surface area contributed by atoms with Gasteiger partial charge in [-0.1, -0.05) is 18.2 Å². The Hall–Kier alpha value is -0.940. The summed E-state index contributed by atoms with van der Waals surface area (Å²) in [5.74, 6) is 0. The van der Waals surface area contributed by atoms with Crippen molar-refractivity contribution in [2.45, 2.75) is 36.6 Å². The van der Waals surface area contributed by atoms with Crippen LogP contribution in [0.2, 0.25) is 0 Å². The van der Waals surface area contributed by atoms with Crippen molar-refractivity contribution in [2.24, 2.45) is 0 Å². The molecule has 1 unspecified atom stereocenters. The van der Waals surface area contributed by atoms with Crippen LogP contribution < -0.4 is 5.32 Å². The van der Waals surface area contributed by atoms with Gasteiger partial charge in [0.1, 0.15) is 5.67 Å². The summed E-state index contributed by atoms with van der Waals surface area (Å²) in [5, 5.41) is 2.18. The first-order valence-electron chi connectivity index (χ1n) is 5.90. The molecule has 1 N–H and O–H groups in total. The van der Waals surface area contributed by atoms with Gasteiger partial charge in [0.15, 0.2) is 9.84 Å². The molecule has 1 rings (SSSR count). The molecule has 0 aliphatic carbocycles. The van der Waals surface area contributed by atoms with Gasteiger partial charge in [-0.15, -0.1) is 0 Å². The van der Waals surface area contributed by atoms with Crippen molar-refractivity contribution in [2.75, 3.05) is 13.6 Å². The van der Waals surface area contributed by atoms with Crippen LogP contribution in [-0.4, -0.2) is 27.3 Å². The Morgan fingerprint density at radius 1 is 1.33 bits per heavy atom. The van der Waals surface area contributed by atoms with Crippen molar-refractivity contribution in [3.63, 3.8) is 0 Å². The Balaban J connectivity index is 3.41. The first-order valence-corrected chi connectivity index (χ1v) is 7.45. The fraction of sp³-hybridized carbons (Fsp3) is 0.538. The van der Waals surface area contributed by atoms with Crippen LogP contribution in [0.3, 0.4) is 0 Å². The molecule has 1 aromatic rings. The fourth-order valence-electron chi connectivity index (χ4n) is 1.83. The first-order chi connectivity index (χ1) is 8.23. The van der Waals surface area contributed by atoms with Gasteiger partial charge >= 0.3 is 0 Å². The summed E-state index contributed by atoms with van der Waals surface area (Å²) in [6, 6.07) is 6.28. The first kappa shape index (κ1) is 15.1. The van der Waals surface area contributed by atoms with Crippen molar-refractivity contribution >= 4 is 9.84 Å². The molecule has 0 bridgehead atoms. The normalized spacial score (nSPS) is 15.7. The molecule has 18 heavy (non-hydrogen) atoms. The average Bonchev–Trinajstić information content (AvgIpc) is 2.28. The highest BCUT2D eigenvalue weighted by atomic mass is 32.2. The maximum absolute atomic E-state index is 14.6. The number of hydrogen-bond donors (Lipinski definition) is 1. The van der Waals surface area contributed by atoms with Crippen LogP contribution >= 0.6 is 0 Å². The SMILES string of the molecule is CNCC(C)(F)c1ccccc1S(=O)(=O)C(C)C. The summed E-state index contributed by atoms with van der Waals surface area (Å²) < 4.78 is 39.0. The zero-order valence-corrected chi connectivity index (χ0v) is 12.0. The van der Waals surface area contributed by atoms with E-state index in [-0.39, 0.29) is 17.0 Å². The second kappa shape index (κ2) is 5.36. The number of benzene rings is 1. The van der Waals surface area contributed by atoms with Crippen molar-refractivity contribution < 1.29 is 12.8 Å². The van der Waals surface area contributed by atoms with E-state index in [1.54, 1.807) is 33.0 Å². The second-order valence-corrected chi connectivity index (χ2v) is 7.29. The summed E-state index contributed by atoms with van der Waals surface area (Å²) in [6.45, 7) is 4.65. The molecule has 0 heterocycles. The maximum atomic E-state index is 14.6. The Morgan fingerprint density at radius 2 is 1.89 bits per heavy atom. The molecule has 0 saturated carbocycles. The predicted octanol–water partition coefficient (Wildman–Crippen LogP) is 2.27. The highest BCUT2D eigenvalue weighted by Gasteiger charge is 2.33. The molecule has 102 valence electrons. The number of likely N-dealkylation sites (N-methyl/N-ethyl adjacent to an activating group) is 1. The monoisotopic (exact) mass is 273 g/mol. The third-order valence-corrected chi connectivity index (χ3v) is 5.09. The zero-order valence-electron chi connectivity index (χ0n) is 11.2. The van der Waals surface area contributed by atoms with Gasteiger partial charge in [0, 0.05) is 12.1 Å². The van der Waals surface area contributed by atoms with Crippen LogP contribution in [0.25, 0.3) is 0 Å². The van der Waals surface area contributed by atoms with E-state index in [0.717, 1.165) is 0 Å². The Morgan fingerprint density at radius 3 is 2.39 bits per heavy atom. The molecule has 0 radical (unpaired) electrons. The van der Waals surface area contributed by atoms with E-state index in [0.29, 0.717) is 0 Å². The second-order valence-electron chi connectivity index (χ2n) is 4.82. The molecule has 1 atom stereocenters. The van der Waals surface area contributed by atoms with Gasteiger partial charge in [-0.2, -0.15) is 0 Å². The van der Waals surface area contributed by atoms with Crippen LogP contribution in [0, 0.1) is 0 Å². The Bertz CT molecular complexity index is 509. The number of halogens is 1. The molecule has 0 spiro atoms. The number of hydrogen-bond acceptors (Lipinski definition) is 3. The lowest BCUT2D eigenvalue weighted by Gasteiger charge is -2.24. The van der Waals surface area contributed by atoms with E-state index in [1.165, 1.54) is 19.1 Å². The minimum absolute atomic E-state index is 0.0671. The smallest absolute Gasteiger partial charge is 0.181 e. The van der Waals surface area contributed by atoms with E-state index in [9.17, 15) is 12.8 Å². The molecular formula is C13H20FNO2S. The molecule has 1 aromatic carbocycles. The molecule has 0 amide bonds. The van der Waals surface area contributed by atoms with Crippen molar-refractivity contribution in [1.82, 2.24) is 5.32 Å². The van der Waals surface area contributed by atoms with Crippen LogP contribution in [0.4, 0.5) is 4.39 Å². The van der Waals surface area contributed by atoms with E-state index >= 15 is 0 Å². The quantitative estimate of drug-likeness (QED) is 0.895. The van der Waals surface area contributed by atoms with Gasteiger partial charge in [0.25, 0.3) is 0 Å². The van der Waals surface area contributed by atoms with E-state index in [1.807, 2.05) is 0 Å². The lowest BCUT2D eigenvalue weighted by atomic mass is 9.98. The number of sulfone groups is 1. The van der Waals surface area contributed by atoms with E-state index in [2.05, 4.69) is 5.32 Å². The lowest BCUT2D eigenvalue weighted by Crippen LogP contribution is -2.31. The van der Waals surface area contributed by atoms with Crippen molar-refractivity contribution in [1.29, 1.82) is 0 Å². The summed E-state index contributed by atoms with van der Waals surface area (Å²) in [6.07, 6.45) is 0. The third kappa shape index (κ3) is 2.90. The van der Waals surface area contributed by atoms with Crippen molar-refractivity contribution in [3.05, 3.63) is 29.8 Å². The number of rotatable bonds is 5. The Labute approximate surface area is 108 Å².